The second-order valence-corrected chi connectivity index (χ2v) is 6.07. The molecule has 0 aromatic rings. The van der Waals surface area contributed by atoms with Crippen LogP contribution in [-0.4, -0.2) is 58.7 Å². The Morgan fingerprint density at radius 3 is 1.72 bits per heavy atom. The Morgan fingerprint density at radius 1 is 1.00 bits per heavy atom. The number of nitrogens with zero attached hydrogens (tertiary/aromatic N) is 2. The van der Waals surface area contributed by atoms with Crippen molar-refractivity contribution in [1.29, 1.82) is 0 Å². The molecule has 9 nitrogen and oxygen atoms in total. The van der Waals surface area contributed by atoms with Crippen molar-refractivity contribution in [3.8, 4) is 0 Å². The van der Waals surface area contributed by atoms with Crippen LogP contribution < -0.4 is 11.6 Å². The van der Waals surface area contributed by atoms with Crippen molar-refractivity contribution in [3.05, 3.63) is 0 Å². The molecule has 2 aliphatic heterocycles. The van der Waals surface area contributed by atoms with Crippen LogP contribution in [0.1, 0.15) is 52.4 Å². The predicted octanol–water partition coefficient (Wildman–Crippen LogP) is -0.323. The Balaban J connectivity index is 0.000000251. The van der Waals surface area contributed by atoms with E-state index in [1.165, 1.54) is 4.90 Å². The Morgan fingerprint density at radius 2 is 1.44 bits per heavy atom. The van der Waals surface area contributed by atoms with Gasteiger partial charge in [-0.25, -0.2) is 4.79 Å². The molecule has 0 aromatic heterocycles. The molecule has 4 N–H and O–H groups in total. The van der Waals surface area contributed by atoms with E-state index in [1.807, 2.05) is 13.8 Å². The molecule has 2 fully saturated rings. The molecule has 0 spiro atoms. The summed E-state index contributed by atoms with van der Waals surface area (Å²) in [6, 6.07) is -0.889. The van der Waals surface area contributed by atoms with E-state index in [0.29, 0.717) is 38.8 Å². The molecule has 9 heteroatoms. The quantitative estimate of drug-likeness (QED) is 0.626. The summed E-state index contributed by atoms with van der Waals surface area (Å²) >= 11 is 0. The molecule has 2 heterocycles. The number of rotatable bonds is 6. The van der Waals surface area contributed by atoms with Crippen molar-refractivity contribution < 1.29 is 24.0 Å². The smallest absolute Gasteiger partial charge is 0.347 e. The van der Waals surface area contributed by atoms with Crippen molar-refractivity contribution >= 4 is 23.7 Å². The molecule has 0 bridgehead atoms. The number of amides is 3. The Hall–Kier alpha value is -2.16. The fourth-order valence-electron chi connectivity index (χ4n) is 3.17. The zero-order chi connectivity index (χ0) is 19.0. The van der Waals surface area contributed by atoms with Gasteiger partial charge in [0.1, 0.15) is 12.1 Å². The molecule has 0 radical (unpaired) electrons. The van der Waals surface area contributed by atoms with E-state index in [9.17, 15) is 19.2 Å². The number of carbonyl (C=O) groups excluding carboxylic acids is 4. The van der Waals surface area contributed by atoms with Crippen LogP contribution in [-0.2, 0) is 24.0 Å². The highest BCUT2D eigenvalue weighted by Gasteiger charge is 2.32. The summed E-state index contributed by atoms with van der Waals surface area (Å²) in [7, 11) is 0. The summed E-state index contributed by atoms with van der Waals surface area (Å²) in [5.74, 6) is 3.92. The lowest BCUT2D eigenvalue weighted by molar-refractivity contribution is -0.154. The lowest BCUT2D eigenvalue weighted by atomic mass is 10.2. The molecule has 0 aromatic carbocycles. The predicted molar refractivity (Wildman–Crippen MR) is 89.5 cm³/mol. The van der Waals surface area contributed by atoms with Gasteiger partial charge in [-0.1, -0.05) is 13.8 Å². The van der Waals surface area contributed by atoms with E-state index >= 15 is 0 Å². The number of nitrogens with two attached hydrogens (primary N) is 2. The van der Waals surface area contributed by atoms with Crippen LogP contribution in [0, 0.1) is 0 Å². The first-order chi connectivity index (χ1) is 11.9. The minimum atomic E-state index is -0.530. The average molecular weight is 356 g/mol. The lowest BCUT2D eigenvalue weighted by Crippen LogP contribution is -2.44. The first-order valence-corrected chi connectivity index (χ1v) is 8.66. The first-order valence-electron chi connectivity index (χ1n) is 8.66. The van der Waals surface area contributed by atoms with E-state index < -0.39 is 17.9 Å². The highest BCUT2D eigenvalue weighted by Crippen LogP contribution is 2.16. The van der Waals surface area contributed by atoms with Crippen molar-refractivity contribution in [3.63, 3.8) is 0 Å². The third-order valence-corrected chi connectivity index (χ3v) is 4.46. The van der Waals surface area contributed by atoms with Gasteiger partial charge in [0.05, 0.1) is 0 Å². The maximum Gasteiger partial charge on any atom is 0.347 e. The summed E-state index contributed by atoms with van der Waals surface area (Å²) < 4.78 is 0. The Labute approximate surface area is 147 Å². The molecule has 2 saturated heterocycles. The summed E-state index contributed by atoms with van der Waals surface area (Å²) in [6.07, 6.45) is 3.90. The second-order valence-electron chi connectivity index (χ2n) is 6.07. The van der Waals surface area contributed by atoms with Crippen LogP contribution in [0.5, 0.6) is 0 Å². The van der Waals surface area contributed by atoms with Crippen molar-refractivity contribution in [2.24, 2.45) is 11.6 Å². The SMILES string of the molecule is CC[C@@H](C(N)=O)N1CCCC1=O.CC[C@H](C(=O)ON)N1CCCC1=O. The van der Waals surface area contributed by atoms with Crippen LogP contribution in [0.15, 0.2) is 0 Å². The maximum atomic E-state index is 11.3. The molecule has 2 aliphatic rings. The van der Waals surface area contributed by atoms with Gasteiger partial charge < -0.3 is 20.4 Å². The average Bonchev–Trinajstić information content (AvgIpc) is 3.18. The minimum absolute atomic E-state index is 0.0113. The van der Waals surface area contributed by atoms with E-state index in [1.54, 1.807) is 4.90 Å². The monoisotopic (exact) mass is 356 g/mol. The number of carbonyl (C=O) groups is 4. The second kappa shape index (κ2) is 9.97. The maximum absolute atomic E-state index is 11.3. The number of hydrogen-bond donors (Lipinski definition) is 2. The normalized spacial score (nSPS) is 19.3. The zero-order valence-corrected chi connectivity index (χ0v) is 14.9. The van der Waals surface area contributed by atoms with Gasteiger partial charge >= 0.3 is 5.97 Å². The van der Waals surface area contributed by atoms with Crippen LogP contribution in [0.2, 0.25) is 0 Å². The van der Waals surface area contributed by atoms with Crippen LogP contribution in [0.25, 0.3) is 0 Å². The molecule has 0 saturated carbocycles. The Kier molecular flexibility index (Phi) is 8.33. The van der Waals surface area contributed by atoms with Crippen molar-refractivity contribution in [1.82, 2.24) is 9.80 Å². The summed E-state index contributed by atoms with van der Waals surface area (Å²) in [6.45, 7) is 5.00. The van der Waals surface area contributed by atoms with Crippen LogP contribution >= 0.6 is 0 Å². The van der Waals surface area contributed by atoms with E-state index in [0.717, 1.165) is 12.8 Å². The summed E-state index contributed by atoms with van der Waals surface area (Å²) in [5.41, 5.74) is 5.16. The van der Waals surface area contributed by atoms with Crippen LogP contribution in [0.3, 0.4) is 0 Å². The van der Waals surface area contributed by atoms with Gasteiger partial charge in [0, 0.05) is 25.9 Å². The lowest BCUT2D eigenvalue weighted by Gasteiger charge is -2.23. The molecular weight excluding hydrogens is 328 g/mol. The fraction of sp³-hybridized carbons (Fsp3) is 0.750. The Bertz CT molecular complexity index is 511. The number of hydrogen-bond acceptors (Lipinski definition) is 6. The van der Waals surface area contributed by atoms with Gasteiger partial charge in [0.25, 0.3) is 0 Å². The standard InChI is InChI=1S/C8H14N2O3.C8H14N2O2/c1-2-6(8(12)13-9)10-5-3-4-7(10)11;1-2-6(8(9)12)10-5-3-4-7(10)11/h6H,2-5,9H2,1H3;6H,2-5H2,1H3,(H2,9,12)/t2*6-/m10/s1. The summed E-state index contributed by atoms with van der Waals surface area (Å²) in [4.78, 5) is 51.7. The molecule has 3 amide bonds. The number of primary amides is 1. The van der Waals surface area contributed by atoms with Gasteiger partial charge in [-0.05, 0) is 25.7 Å². The minimum Gasteiger partial charge on any atom is -0.372 e. The summed E-state index contributed by atoms with van der Waals surface area (Å²) in [5, 5.41) is 0. The van der Waals surface area contributed by atoms with Gasteiger partial charge in [-0.2, -0.15) is 5.90 Å². The van der Waals surface area contributed by atoms with Gasteiger partial charge in [-0.3, -0.25) is 14.4 Å². The third-order valence-electron chi connectivity index (χ3n) is 4.46. The molecule has 2 rings (SSSR count). The molecule has 25 heavy (non-hydrogen) atoms. The van der Waals surface area contributed by atoms with Crippen LogP contribution in [0.4, 0.5) is 0 Å². The highest BCUT2D eigenvalue weighted by molar-refractivity contribution is 5.87. The molecular formula is C16H28N4O5. The third kappa shape index (κ3) is 5.42. The van der Waals surface area contributed by atoms with Gasteiger partial charge in [0.15, 0.2) is 0 Å². The van der Waals surface area contributed by atoms with E-state index in [4.69, 9.17) is 11.6 Å². The van der Waals surface area contributed by atoms with E-state index in [-0.39, 0.29) is 17.9 Å². The molecule has 0 aliphatic carbocycles. The largest absolute Gasteiger partial charge is 0.372 e. The zero-order valence-electron chi connectivity index (χ0n) is 14.9. The fourth-order valence-corrected chi connectivity index (χ4v) is 3.17. The molecule has 142 valence electrons. The molecule has 0 unspecified atom stereocenters. The van der Waals surface area contributed by atoms with E-state index in [2.05, 4.69) is 4.84 Å². The topological polar surface area (TPSA) is 136 Å². The first kappa shape index (κ1) is 20.9. The molecule has 2 atom stereocenters. The van der Waals surface area contributed by atoms with Gasteiger partial charge in [-0.15, -0.1) is 0 Å². The van der Waals surface area contributed by atoms with Crippen molar-refractivity contribution in [2.45, 2.75) is 64.5 Å². The number of likely N-dealkylation sites (tertiary alicyclic amines) is 2. The van der Waals surface area contributed by atoms with Gasteiger partial charge in [0.2, 0.25) is 17.7 Å². The van der Waals surface area contributed by atoms with Crippen molar-refractivity contribution in [2.75, 3.05) is 13.1 Å². The highest BCUT2D eigenvalue weighted by atomic mass is 16.7.